The summed E-state index contributed by atoms with van der Waals surface area (Å²) in [4.78, 5) is 24.3. The average molecular weight is 382 g/mol. The number of nitrogens with zero attached hydrogens (tertiary/aromatic N) is 1. The van der Waals surface area contributed by atoms with Gasteiger partial charge in [0.25, 0.3) is 10.9 Å². The summed E-state index contributed by atoms with van der Waals surface area (Å²) in [5.74, 6) is -0.0499. The van der Waals surface area contributed by atoms with Crippen LogP contribution in [0.3, 0.4) is 0 Å². The summed E-state index contributed by atoms with van der Waals surface area (Å²) in [6.07, 6.45) is 4.24. The normalized spacial score (nSPS) is 15.2. The Morgan fingerprint density at radius 3 is 2.44 bits per heavy atom. The molecule has 6 nitrogen and oxygen atoms in total. The molecule has 1 aliphatic carbocycles. The van der Waals surface area contributed by atoms with Gasteiger partial charge < -0.3 is 15.7 Å². The molecule has 0 amide bonds. The predicted molar refractivity (Wildman–Crippen MR) is 103 cm³/mol. The predicted octanol–water partition coefficient (Wildman–Crippen LogP) is 3.31. The van der Waals surface area contributed by atoms with E-state index in [0.717, 1.165) is 25.7 Å². The van der Waals surface area contributed by atoms with E-state index >= 15 is 0 Å². The fourth-order valence-electron chi connectivity index (χ4n) is 2.97. The van der Waals surface area contributed by atoms with Gasteiger partial charge in [-0.25, -0.2) is 0 Å². The summed E-state index contributed by atoms with van der Waals surface area (Å²) in [5, 5.41) is 17.0. The van der Waals surface area contributed by atoms with E-state index in [-0.39, 0.29) is 17.5 Å². The van der Waals surface area contributed by atoms with E-state index in [1.165, 1.54) is 11.9 Å². The van der Waals surface area contributed by atoms with E-state index in [1.807, 2.05) is 14.1 Å². The van der Waals surface area contributed by atoms with Crippen LogP contribution in [0.4, 0.5) is 17.1 Å². The summed E-state index contributed by atoms with van der Waals surface area (Å²) in [7, 11) is 3.67. The summed E-state index contributed by atoms with van der Waals surface area (Å²) in [6.45, 7) is 0. The maximum absolute atomic E-state index is 12.0. The van der Waals surface area contributed by atoms with Gasteiger partial charge in [0.2, 0.25) is 0 Å². The molecule has 2 aromatic carbocycles. The molecule has 0 heterocycles. The Kier molecular flexibility index (Phi) is 5.27. The highest BCUT2D eigenvalue weighted by Crippen LogP contribution is 2.42. The van der Waals surface area contributed by atoms with E-state index < -0.39 is 10.9 Å². The molecule has 8 heteroatoms. The number of anilines is 3. The molecule has 0 spiro atoms. The van der Waals surface area contributed by atoms with E-state index in [2.05, 4.69) is 10.6 Å². The van der Waals surface area contributed by atoms with Crippen molar-refractivity contribution >= 4 is 40.6 Å². The molecule has 134 valence electrons. The molecule has 1 saturated carbocycles. The lowest BCUT2D eigenvalue weighted by molar-refractivity contribution is 0.464. The summed E-state index contributed by atoms with van der Waals surface area (Å²) in [6, 6.07) is 3.46. The molecule has 0 unspecified atom stereocenters. The Labute approximate surface area is 155 Å². The Bertz CT molecular complexity index is 856. The third kappa shape index (κ3) is 3.63. The van der Waals surface area contributed by atoms with Crippen LogP contribution in [0, 0.1) is 0 Å². The Morgan fingerprint density at radius 2 is 1.80 bits per heavy atom. The molecule has 3 rings (SSSR count). The number of hydrogen-bond donors (Lipinski definition) is 3. The van der Waals surface area contributed by atoms with E-state index in [4.69, 9.17) is 11.6 Å². The van der Waals surface area contributed by atoms with Crippen LogP contribution < -0.4 is 21.5 Å². The summed E-state index contributed by atoms with van der Waals surface area (Å²) < 4.78 is 1.80. The van der Waals surface area contributed by atoms with Gasteiger partial charge in [-0.3, -0.25) is 13.9 Å². The topological polar surface area (TPSA) is 81.7 Å². The maximum atomic E-state index is 12.0. The second-order valence-electron chi connectivity index (χ2n) is 6.34. The van der Waals surface area contributed by atoms with Gasteiger partial charge in [0, 0.05) is 6.04 Å². The maximum Gasteiger partial charge on any atom is 0.253 e. The van der Waals surface area contributed by atoms with Gasteiger partial charge in [-0.05, 0) is 51.0 Å². The van der Waals surface area contributed by atoms with Crippen molar-refractivity contribution in [2.24, 2.45) is 0 Å². The molecular formula is C17H20ClN3O3S. The van der Waals surface area contributed by atoms with Crippen molar-refractivity contribution in [2.75, 3.05) is 24.7 Å². The van der Waals surface area contributed by atoms with Crippen molar-refractivity contribution in [2.45, 2.75) is 36.6 Å². The lowest BCUT2D eigenvalue weighted by Crippen LogP contribution is -2.38. The molecule has 3 N–H and O–H groups in total. The van der Waals surface area contributed by atoms with E-state index in [1.54, 1.807) is 16.4 Å². The number of hydrogen-bond acceptors (Lipinski definition) is 7. The Balaban J connectivity index is 1.87. The van der Waals surface area contributed by atoms with Gasteiger partial charge in [0.05, 0.1) is 15.6 Å². The molecule has 0 bridgehead atoms. The molecule has 25 heavy (non-hydrogen) atoms. The van der Waals surface area contributed by atoms with Gasteiger partial charge in [0.1, 0.15) is 11.4 Å². The highest BCUT2D eigenvalue weighted by Gasteiger charge is 2.26. The second-order valence-corrected chi connectivity index (χ2v) is 8.06. The first-order valence-electron chi connectivity index (χ1n) is 8.12. The quantitative estimate of drug-likeness (QED) is 0.402. The third-order valence-corrected chi connectivity index (χ3v) is 5.62. The third-order valence-electron chi connectivity index (χ3n) is 4.23. The number of rotatable bonds is 6. The minimum absolute atomic E-state index is 0.0499. The second kappa shape index (κ2) is 7.27. The van der Waals surface area contributed by atoms with Gasteiger partial charge in [-0.15, -0.1) is 0 Å². The standard InChI is InChI=1S/C17H20ClN3O3S/c1-21(2)25-17-10(18)7-8-11(14(17)22)20-13-12(15(23)16(13)24)19-9-5-3-4-6-9/h7-9,19-20,22H,3-6H2,1-2H3. The van der Waals surface area contributed by atoms with Crippen LogP contribution in [-0.4, -0.2) is 29.5 Å². The largest absolute Gasteiger partial charge is 0.505 e. The average Bonchev–Trinajstić information content (AvgIpc) is 3.09. The van der Waals surface area contributed by atoms with Crippen LogP contribution in [0.2, 0.25) is 5.02 Å². The molecule has 0 aromatic heterocycles. The van der Waals surface area contributed by atoms with Gasteiger partial charge in [-0.1, -0.05) is 24.4 Å². The van der Waals surface area contributed by atoms with Crippen LogP contribution in [0.1, 0.15) is 25.7 Å². The zero-order chi connectivity index (χ0) is 18.1. The van der Waals surface area contributed by atoms with Crippen molar-refractivity contribution in [1.82, 2.24) is 4.31 Å². The molecule has 2 aromatic rings. The van der Waals surface area contributed by atoms with Crippen molar-refractivity contribution < 1.29 is 5.11 Å². The molecule has 0 atom stereocenters. The number of phenolic OH excluding ortho intramolecular Hbond substituents is 1. The molecule has 0 saturated heterocycles. The molecule has 1 aliphatic rings. The molecule has 0 aliphatic heterocycles. The number of phenols is 1. The zero-order valence-electron chi connectivity index (χ0n) is 14.1. The Hall–Kier alpha value is -1.70. The van der Waals surface area contributed by atoms with Crippen LogP contribution in [0.15, 0.2) is 26.6 Å². The summed E-state index contributed by atoms with van der Waals surface area (Å²) in [5.41, 5.74) is -0.221. The fraction of sp³-hybridized carbons (Fsp3) is 0.412. The summed E-state index contributed by atoms with van der Waals surface area (Å²) >= 11 is 7.42. The number of aromatic hydroxyl groups is 1. The van der Waals surface area contributed by atoms with E-state index in [0.29, 0.717) is 21.3 Å². The SMILES string of the molecule is CN(C)Sc1c(Cl)ccc(Nc2c(NC3CCCC3)c(=O)c2=O)c1O. The molecule has 0 radical (unpaired) electrons. The number of nitrogens with one attached hydrogen (secondary N) is 2. The first kappa shape index (κ1) is 18.1. The first-order valence-corrected chi connectivity index (χ1v) is 9.27. The van der Waals surface area contributed by atoms with Crippen molar-refractivity contribution in [3.8, 4) is 5.75 Å². The van der Waals surface area contributed by atoms with Crippen molar-refractivity contribution in [1.29, 1.82) is 0 Å². The smallest absolute Gasteiger partial charge is 0.253 e. The van der Waals surface area contributed by atoms with Crippen LogP contribution in [0.25, 0.3) is 0 Å². The number of benzene rings is 1. The van der Waals surface area contributed by atoms with Crippen LogP contribution in [-0.2, 0) is 0 Å². The van der Waals surface area contributed by atoms with Gasteiger partial charge >= 0.3 is 0 Å². The van der Waals surface area contributed by atoms with Crippen LogP contribution in [0.5, 0.6) is 5.75 Å². The Morgan fingerprint density at radius 1 is 1.16 bits per heavy atom. The minimum atomic E-state index is -0.573. The van der Waals surface area contributed by atoms with Gasteiger partial charge in [0.15, 0.2) is 5.75 Å². The monoisotopic (exact) mass is 381 g/mol. The van der Waals surface area contributed by atoms with Crippen LogP contribution >= 0.6 is 23.5 Å². The molecule has 1 fully saturated rings. The zero-order valence-corrected chi connectivity index (χ0v) is 15.6. The lowest BCUT2D eigenvalue weighted by atomic mass is 10.1. The minimum Gasteiger partial charge on any atom is -0.505 e. The van der Waals surface area contributed by atoms with Crippen molar-refractivity contribution in [3.63, 3.8) is 0 Å². The van der Waals surface area contributed by atoms with Crippen molar-refractivity contribution in [3.05, 3.63) is 37.6 Å². The fourth-order valence-corrected chi connectivity index (χ4v) is 3.95. The van der Waals surface area contributed by atoms with E-state index in [9.17, 15) is 14.7 Å². The highest BCUT2D eigenvalue weighted by molar-refractivity contribution is 7.97. The lowest BCUT2D eigenvalue weighted by Gasteiger charge is -2.20. The highest BCUT2D eigenvalue weighted by atomic mass is 35.5. The first-order chi connectivity index (χ1) is 11.9. The van der Waals surface area contributed by atoms with Gasteiger partial charge in [-0.2, -0.15) is 0 Å². The molecular weight excluding hydrogens is 362 g/mol. The number of halogens is 1.